The van der Waals surface area contributed by atoms with Gasteiger partial charge in [0.2, 0.25) is 11.8 Å². The number of fused-ring (bicyclic) bond motifs is 1. The molecule has 232 valence electrons. The van der Waals surface area contributed by atoms with Crippen molar-refractivity contribution in [2.24, 2.45) is 0 Å². The minimum atomic E-state index is -0.827. The molecule has 0 saturated carbocycles. The average molecular weight is 618 g/mol. The van der Waals surface area contributed by atoms with E-state index in [-0.39, 0.29) is 24.8 Å². The lowest BCUT2D eigenvalue weighted by Gasteiger charge is -2.39. The Morgan fingerprint density at radius 1 is 0.955 bits per heavy atom. The Morgan fingerprint density at radius 3 is 2.34 bits per heavy atom. The summed E-state index contributed by atoms with van der Waals surface area (Å²) in [5.74, 6) is -0.544. The van der Waals surface area contributed by atoms with Crippen molar-refractivity contribution >= 4 is 40.9 Å². The fourth-order valence-corrected chi connectivity index (χ4v) is 5.95. The highest BCUT2D eigenvalue weighted by Gasteiger charge is 2.38. The van der Waals surface area contributed by atoms with Gasteiger partial charge >= 0.3 is 6.09 Å². The number of anilines is 2. The number of nitrogen functional groups attached to an aromatic ring is 1. The molecular weight excluding hydrogens is 578 g/mol. The molecular formula is C34H40ClN5O4. The van der Waals surface area contributed by atoms with Crippen LogP contribution >= 0.6 is 11.6 Å². The number of amides is 3. The number of carbonyl (C=O) groups is 3. The molecule has 1 fully saturated rings. The van der Waals surface area contributed by atoms with Crippen LogP contribution in [0.15, 0.2) is 72.8 Å². The first-order chi connectivity index (χ1) is 21.3. The van der Waals surface area contributed by atoms with Gasteiger partial charge in [-0.25, -0.2) is 4.79 Å². The van der Waals surface area contributed by atoms with Crippen molar-refractivity contribution in [3.05, 3.63) is 94.5 Å². The monoisotopic (exact) mass is 617 g/mol. The molecule has 2 aliphatic heterocycles. The zero-order valence-corrected chi connectivity index (χ0v) is 25.8. The highest BCUT2D eigenvalue weighted by molar-refractivity contribution is 6.30. The maximum absolute atomic E-state index is 14.0. The van der Waals surface area contributed by atoms with Crippen LogP contribution in [0.25, 0.3) is 0 Å². The van der Waals surface area contributed by atoms with Gasteiger partial charge in [0.15, 0.2) is 0 Å². The number of carbonyl (C=O) groups excluding carboxylic acids is 3. The third kappa shape index (κ3) is 7.45. The molecule has 0 bridgehead atoms. The highest BCUT2D eigenvalue weighted by atomic mass is 35.5. The summed E-state index contributed by atoms with van der Waals surface area (Å²) < 4.78 is 5.53. The Kier molecular flexibility index (Phi) is 10.3. The number of para-hydroxylation sites is 2. The number of halogens is 1. The minimum Gasteiger partial charge on any atom is -0.449 e. The Morgan fingerprint density at radius 2 is 1.64 bits per heavy atom. The molecule has 5 rings (SSSR count). The molecule has 9 nitrogen and oxygen atoms in total. The van der Waals surface area contributed by atoms with Gasteiger partial charge in [0.05, 0.1) is 24.5 Å². The molecule has 2 aliphatic rings. The number of hydrogen-bond acceptors (Lipinski definition) is 6. The normalized spacial score (nSPS) is 17.0. The number of rotatable bonds is 9. The maximum atomic E-state index is 14.0. The fourth-order valence-electron chi connectivity index (χ4n) is 5.82. The van der Waals surface area contributed by atoms with Crippen LogP contribution in [0.4, 0.5) is 16.2 Å². The van der Waals surface area contributed by atoms with Gasteiger partial charge in [-0.1, -0.05) is 73.5 Å². The summed E-state index contributed by atoms with van der Waals surface area (Å²) in [6.07, 6.45) is 1.74. The number of nitrogens with two attached hydrogens (primary N) is 1. The lowest BCUT2D eigenvalue weighted by molar-refractivity contribution is -0.138. The van der Waals surface area contributed by atoms with Crippen LogP contribution in [0.1, 0.15) is 36.5 Å². The number of benzene rings is 3. The van der Waals surface area contributed by atoms with Crippen molar-refractivity contribution in [1.82, 2.24) is 15.1 Å². The van der Waals surface area contributed by atoms with Crippen LogP contribution in [-0.4, -0.2) is 72.6 Å². The van der Waals surface area contributed by atoms with Crippen LogP contribution in [0.3, 0.4) is 0 Å². The van der Waals surface area contributed by atoms with E-state index in [0.29, 0.717) is 49.9 Å². The van der Waals surface area contributed by atoms with Crippen molar-refractivity contribution in [1.29, 1.82) is 0 Å². The van der Waals surface area contributed by atoms with Gasteiger partial charge < -0.3 is 25.6 Å². The molecule has 1 saturated heterocycles. The Labute approximate surface area is 263 Å². The number of piperazine rings is 1. The summed E-state index contributed by atoms with van der Waals surface area (Å²) in [6, 6.07) is 21.1. The van der Waals surface area contributed by atoms with Crippen molar-refractivity contribution in [2.75, 3.05) is 43.4 Å². The van der Waals surface area contributed by atoms with E-state index in [1.807, 2.05) is 67.6 Å². The molecule has 3 amide bonds. The predicted molar refractivity (Wildman–Crippen MR) is 172 cm³/mol. The third-order valence-electron chi connectivity index (χ3n) is 8.35. The Balaban J connectivity index is 1.34. The zero-order chi connectivity index (χ0) is 31.1. The van der Waals surface area contributed by atoms with E-state index in [4.69, 9.17) is 22.1 Å². The van der Waals surface area contributed by atoms with Gasteiger partial charge in [-0.05, 0) is 47.4 Å². The molecule has 0 spiro atoms. The van der Waals surface area contributed by atoms with Crippen molar-refractivity contribution in [2.45, 2.75) is 51.2 Å². The number of ether oxygens (including phenoxy) is 1. The molecule has 0 aromatic heterocycles. The largest absolute Gasteiger partial charge is 0.449 e. The van der Waals surface area contributed by atoms with Crippen LogP contribution in [-0.2, 0) is 33.7 Å². The van der Waals surface area contributed by atoms with Crippen LogP contribution in [0.5, 0.6) is 0 Å². The van der Waals surface area contributed by atoms with E-state index in [1.165, 1.54) is 4.90 Å². The quantitative estimate of drug-likeness (QED) is 0.267. The molecule has 2 atom stereocenters. The molecule has 0 radical (unpaired) electrons. The number of unbranched alkanes of at least 4 members (excludes halogenated alkanes) is 1. The molecule has 0 aliphatic carbocycles. The van der Waals surface area contributed by atoms with Gasteiger partial charge in [-0.3, -0.25) is 14.5 Å². The van der Waals surface area contributed by atoms with Gasteiger partial charge in [-0.15, -0.1) is 0 Å². The van der Waals surface area contributed by atoms with E-state index in [1.54, 1.807) is 17.0 Å². The van der Waals surface area contributed by atoms with E-state index in [0.717, 1.165) is 35.2 Å². The minimum absolute atomic E-state index is 0.165. The average Bonchev–Trinajstić information content (AvgIpc) is 3.05. The van der Waals surface area contributed by atoms with E-state index >= 15 is 0 Å². The summed E-state index contributed by atoms with van der Waals surface area (Å²) in [4.78, 5) is 46.7. The second kappa shape index (κ2) is 14.5. The molecule has 3 aromatic rings. The Hall–Kier alpha value is -4.24. The first-order valence-corrected chi connectivity index (χ1v) is 15.6. The SMILES string of the molecule is CCCCOC(=O)N1Cc2ccccc2C[C@H]1C(=O)N[C@H](Cc1ccc(Cl)cc1)C(=O)N1CCN(c2ccccc2N)CC1. The summed E-state index contributed by atoms with van der Waals surface area (Å²) in [7, 11) is 0. The van der Waals surface area contributed by atoms with E-state index < -0.39 is 18.2 Å². The standard InChI is InChI=1S/C34H40ClN5O4/c1-2-3-20-44-34(43)40-23-26-9-5-4-8-25(26)22-31(40)32(41)37-29(21-24-12-14-27(35)15-13-24)33(42)39-18-16-38(17-19-39)30-11-7-6-10-28(30)36/h4-15,29,31H,2-3,16-23,36H2,1H3,(H,37,41)/t29-,31+/m1/s1. The number of hydrogen-bond donors (Lipinski definition) is 2. The summed E-state index contributed by atoms with van der Waals surface area (Å²) in [5, 5.41) is 3.63. The highest BCUT2D eigenvalue weighted by Crippen LogP contribution is 2.26. The molecule has 10 heteroatoms. The predicted octanol–water partition coefficient (Wildman–Crippen LogP) is 4.66. The van der Waals surface area contributed by atoms with Crippen LogP contribution in [0.2, 0.25) is 5.02 Å². The van der Waals surface area contributed by atoms with E-state index in [9.17, 15) is 14.4 Å². The summed E-state index contributed by atoms with van der Waals surface area (Å²) in [5.41, 5.74) is 10.7. The van der Waals surface area contributed by atoms with Gasteiger partial charge in [0, 0.05) is 44.0 Å². The van der Waals surface area contributed by atoms with Gasteiger partial charge in [0.25, 0.3) is 0 Å². The lowest BCUT2D eigenvalue weighted by Crippen LogP contribution is -2.59. The van der Waals surface area contributed by atoms with E-state index in [2.05, 4.69) is 10.2 Å². The maximum Gasteiger partial charge on any atom is 0.410 e. The third-order valence-corrected chi connectivity index (χ3v) is 8.60. The van der Waals surface area contributed by atoms with Crippen LogP contribution < -0.4 is 16.0 Å². The lowest BCUT2D eigenvalue weighted by atomic mass is 9.93. The summed E-state index contributed by atoms with van der Waals surface area (Å²) >= 11 is 6.12. The molecule has 3 N–H and O–H groups in total. The topological polar surface area (TPSA) is 108 Å². The first kappa shape index (κ1) is 31.2. The Bertz CT molecular complexity index is 1460. The molecule has 2 heterocycles. The first-order valence-electron chi connectivity index (χ1n) is 15.3. The van der Waals surface area contributed by atoms with Gasteiger partial charge in [0.1, 0.15) is 12.1 Å². The second-order valence-corrected chi connectivity index (χ2v) is 11.8. The number of nitrogens with zero attached hydrogens (tertiary/aromatic N) is 3. The van der Waals surface area contributed by atoms with Crippen molar-refractivity contribution in [3.8, 4) is 0 Å². The van der Waals surface area contributed by atoms with Crippen molar-refractivity contribution < 1.29 is 19.1 Å². The number of nitrogens with one attached hydrogen (secondary N) is 1. The smallest absolute Gasteiger partial charge is 0.410 e. The summed E-state index contributed by atoms with van der Waals surface area (Å²) in [6.45, 7) is 4.81. The second-order valence-electron chi connectivity index (χ2n) is 11.3. The molecule has 3 aromatic carbocycles. The van der Waals surface area contributed by atoms with Crippen molar-refractivity contribution in [3.63, 3.8) is 0 Å². The van der Waals surface area contributed by atoms with Gasteiger partial charge in [-0.2, -0.15) is 0 Å². The van der Waals surface area contributed by atoms with Crippen LogP contribution in [0, 0.1) is 0 Å². The molecule has 0 unspecified atom stereocenters. The zero-order valence-electron chi connectivity index (χ0n) is 25.1. The fraction of sp³-hybridized carbons (Fsp3) is 0.382. The molecule has 44 heavy (non-hydrogen) atoms.